The number of likely N-dealkylation sites (tertiary alicyclic amines) is 1. The van der Waals surface area contributed by atoms with Crippen molar-refractivity contribution in [3.8, 4) is 0 Å². The molecule has 3 rings (SSSR count). The van der Waals surface area contributed by atoms with Crippen molar-refractivity contribution in [2.75, 3.05) is 19.6 Å². The maximum atomic E-state index is 13.1. The quantitative estimate of drug-likeness (QED) is 0.928. The first kappa shape index (κ1) is 14.1. The molecule has 1 amide bonds. The van der Waals surface area contributed by atoms with Crippen LogP contribution in [0.1, 0.15) is 50.6 Å². The van der Waals surface area contributed by atoms with Crippen molar-refractivity contribution < 1.29 is 4.79 Å². The Labute approximate surface area is 125 Å². The van der Waals surface area contributed by atoms with E-state index in [0.717, 1.165) is 51.7 Å². The minimum Gasteiger partial charge on any atom is -0.335 e. The van der Waals surface area contributed by atoms with Gasteiger partial charge in [0, 0.05) is 13.1 Å². The summed E-state index contributed by atoms with van der Waals surface area (Å²) in [6.45, 7) is 5.01. The van der Waals surface area contributed by atoms with Crippen LogP contribution in [0.2, 0.25) is 0 Å². The summed E-state index contributed by atoms with van der Waals surface area (Å²) in [5.41, 5.74) is 1.17. The van der Waals surface area contributed by atoms with E-state index in [4.69, 9.17) is 0 Å². The number of rotatable bonds is 3. The fourth-order valence-corrected chi connectivity index (χ4v) is 4.44. The summed E-state index contributed by atoms with van der Waals surface area (Å²) >= 11 is 1.73. The molecule has 0 bridgehead atoms. The van der Waals surface area contributed by atoms with E-state index in [-0.39, 0.29) is 5.41 Å². The molecular weight excluding hydrogens is 268 g/mol. The Bertz CT molecular complexity index is 451. The predicted molar refractivity (Wildman–Crippen MR) is 82.8 cm³/mol. The van der Waals surface area contributed by atoms with E-state index in [2.05, 4.69) is 34.0 Å². The number of nitrogens with one attached hydrogen (secondary N) is 1. The van der Waals surface area contributed by atoms with Crippen molar-refractivity contribution in [3.63, 3.8) is 0 Å². The van der Waals surface area contributed by atoms with Gasteiger partial charge in [-0.05, 0) is 61.0 Å². The number of nitrogens with zero attached hydrogens (tertiary/aromatic N) is 1. The van der Waals surface area contributed by atoms with E-state index in [9.17, 15) is 4.79 Å². The number of carbonyl (C=O) groups excluding carboxylic acids is 1. The van der Waals surface area contributed by atoms with Gasteiger partial charge >= 0.3 is 0 Å². The average Bonchev–Trinajstić information content (AvgIpc) is 3.17. The van der Waals surface area contributed by atoms with Crippen molar-refractivity contribution in [1.29, 1.82) is 0 Å². The van der Waals surface area contributed by atoms with Crippen LogP contribution in [0.3, 0.4) is 0 Å². The topological polar surface area (TPSA) is 32.3 Å². The minimum atomic E-state index is -0.156. The van der Waals surface area contributed by atoms with Gasteiger partial charge in [0.15, 0.2) is 0 Å². The monoisotopic (exact) mass is 292 g/mol. The Kier molecular flexibility index (Phi) is 4.13. The maximum absolute atomic E-state index is 13.1. The first-order chi connectivity index (χ1) is 9.77. The first-order valence-corrected chi connectivity index (χ1v) is 8.75. The van der Waals surface area contributed by atoms with Crippen molar-refractivity contribution in [3.05, 3.63) is 22.4 Å². The molecule has 4 heteroatoms. The molecule has 20 heavy (non-hydrogen) atoms. The van der Waals surface area contributed by atoms with Crippen LogP contribution in [-0.4, -0.2) is 30.4 Å². The third-order valence-electron chi connectivity index (χ3n) is 5.04. The van der Waals surface area contributed by atoms with Crippen LogP contribution in [0.5, 0.6) is 0 Å². The third kappa shape index (κ3) is 2.40. The molecule has 3 heterocycles. The van der Waals surface area contributed by atoms with E-state index in [1.807, 2.05) is 0 Å². The molecule has 2 fully saturated rings. The molecule has 2 unspecified atom stereocenters. The van der Waals surface area contributed by atoms with Crippen LogP contribution in [-0.2, 0) is 4.79 Å². The molecule has 110 valence electrons. The zero-order chi connectivity index (χ0) is 14.0. The Morgan fingerprint density at radius 3 is 3.10 bits per heavy atom. The second-order valence-electron chi connectivity index (χ2n) is 6.13. The highest BCUT2D eigenvalue weighted by Gasteiger charge is 2.43. The van der Waals surface area contributed by atoms with E-state index >= 15 is 0 Å². The Balaban J connectivity index is 1.81. The minimum absolute atomic E-state index is 0.156. The zero-order valence-corrected chi connectivity index (χ0v) is 13.0. The van der Waals surface area contributed by atoms with Gasteiger partial charge in [-0.3, -0.25) is 4.79 Å². The maximum Gasteiger partial charge on any atom is 0.230 e. The molecular formula is C16H24N2OS. The Hall–Kier alpha value is -0.870. The van der Waals surface area contributed by atoms with E-state index in [0.29, 0.717) is 11.9 Å². The molecule has 2 aliphatic rings. The van der Waals surface area contributed by atoms with Crippen molar-refractivity contribution >= 4 is 17.2 Å². The summed E-state index contributed by atoms with van der Waals surface area (Å²) in [5, 5.41) is 7.76. The van der Waals surface area contributed by atoms with Crippen LogP contribution in [0.15, 0.2) is 16.8 Å². The lowest BCUT2D eigenvalue weighted by atomic mass is 9.77. The molecule has 2 atom stereocenters. The lowest BCUT2D eigenvalue weighted by Gasteiger charge is -2.40. The summed E-state index contributed by atoms with van der Waals surface area (Å²) in [6.07, 6.45) is 5.37. The fraction of sp³-hybridized carbons (Fsp3) is 0.688. The van der Waals surface area contributed by atoms with Gasteiger partial charge in [-0.1, -0.05) is 6.92 Å². The van der Waals surface area contributed by atoms with Crippen molar-refractivity contribution in [2.24, 2.45) is 5.41 Å². The van der Waals surface area contributed by atoms with Gasteiger partial charge in [-0.15, -0.1) is 0 Å². The Morgan fingerprint density at radius 1 is 1.55 bits per heavy atom. The highest BCUT2D eigenvalue weighted by molar-refractivity contribution is 7.07. The first-order valence-electron chi connectivity index (χ1n) is 7.81. The summed E-state index contributed by atoms with van der Waals surface area (Å²) < 4.78 is 0. The van der Waals surface area contributed by atoms with Crippen molar-refractivity contribution in [1.82, 2.24) is 10.2 Å². The lowest BCUT2D eigenvalue weighted by molar-refractivity contribution is -0.144. The van der Waals surface area contributed by atoms with Gasteiger partial charge in [-0.2, -0.15) is 11.3 Å². The highest BCUT2D eigenvalue weighted by Crippen LogP contribution is 2.39. The molecule has 1 N–H and O–H groups in total. The molecule has 0 aliphatic carbocycles. The predicted octanol–water partition coefficient (Wildman–Crippen LogP) is 3.19. The van der Waals surface area contributed by atoms with E-state index in [1.54, 1.807) is 11.3 Å². The van der Waals surface area contributed by atoms with Crippen LogP contribution in [0.4, 0.5) is 0 Å². The highest BCUT2D eigenvalue weighted by atomic mass is 32.1. The molecule has 0 aromatic carbocycles. The average molecular weight is 292 g/mol. The standard InChI is InChI=1S/C16H24N2OS/c1-2-16(7-4-8-17-12-16)15(19)18-9-3-5-14(18)13-6-10-20-11-13/h6,10-11,14,17H,2-5,7-9,12H2,1H3. The number of carbonyl (C=O) groups is 1. The third-order valence-corrected chi connectivity index (χ3v) is 5.75. The van der Waals surface area contributed by atoms with Crippen LogP contribution in [0.25, 0.3) is 0 Å². The fourth-order valence-electron chi connectivity index (χ4n) is 3.73. The smallest absolute Gasteiger partial charge is 0.230 e. The number of thiophene rings is 1. The molecule has 2 saturated heterocycles. The summed E-state index contributed by atoms with van der Waals surface area (Å²) in [6, 6.07) is 2.50. The van der Waals surface area contributed by atoms with Gasteiger partial charge in [0.25, 0.3) is 0 Å². The number of hydrogen-bond donors (Lipinski definition) is 1. The van der Waals surface area contributed by atoms with Gasteiger partial charge < -0.3 is 10.2 Å². The zero-order valence-electron chi connectivity index (χ0n) is 12.2. The molecule has 3 nitrogen and oxygen atoms in total. The molecule has 1 aromatic heterocycles. The van der Waals surface area contributed by atoms with Gasteiger partial charge in [0.05, 0.1) is 11.5 Å². The van der Waals surface area contributed by atoms with Crippen molar-refractivity contribution in [2.45, 2.75) is 45.1 Å². The van der Waals surface area contributed by atoms with Gasteiger partial charge in [-0.25, -0.2) is 0 Å². The molecule has 0 spiro atoms. The summed E-state index contributed by atoms with van der Waals surface area (Å²) in [4.78, 5) is 15.3. The summed E-state index contributed by atoms with van der Waals surface area (Å²) in [7, 11) is 0. The van der Waals surface area contributed by atoms with Crippen LogP contribution in [0, 0.1) is 5.41 Å². The number of amides is 1. The second-order valence-corrected chi connectivity index (χ2v) is 6.91. The summed E-state index contributed by atoms with van der Waals surface area (Å²) in [5.74, 6) is 0.390. The van der Waals surface area contributed by atoms with Crippen LogP contribution >= 0.6 is 11.3 Å². The second kappa shape index (κ2) is 5.86. The molecule has 1 aromatic rings. The number of hydrogen-bond acceptors (Lipinski definition) is 3. The van der Waals surface area contributed by atoms with Gasteiger partial charge in [0.2, 0.25) is 5.91 Å². The molecule has 2 aliphatic heterocycles. The Morgan fingerprint density at radius 2 is 2.45 bits per heavy atom. The largest absolute Gasteiger partial charge is 0.335 e. The number of piperidine rings is 1. The van der Waals surface area contributed by atoms with Crippen LogP contribution < -0.4 is 5.32 Å². The SMILES string of the molecule is CCC1(C(=O)N2CCCC2c2ccsc2)CCCNC1. The van der Waals surface area contributed by atoms with E-state index in [1.165, 1.54) is 5.56 Å². The molecule has 0 saturated carbocycles. The lowest BCUT2D eigenvalue weighted by Crippen LogP contribution is -2.51. The normalized spacial score (nSPS) is 30.6. The van der Waals surface area contributed by atoms with Gasteiger partial charge in [0.1, 0.15) is 0 Å². The molecule has 0 radical (unpaired) electrons. The van der Waals surface area contributed by atoms with E-state index < -0.39 is 0 Å².